The number of hydrogen-bond acceptors (Lipinski definition) is 4. The molecular formula is C10H16NO3P. The lowest BCUT2D eigenvalue weighted by molar-refractivity contribution is 0.127. The molecule has 84 valence electrons. The highest BCUT2D eigenvalue weighted by molar-refractivity contribution is 7.17. The summed E-state index contributed by atoms with van der Waals surface area (Å²) < 4.78 is 20.8. The minimum absolute atomic E-state index is 0.575. The number of nitrogens with two attached hydrogens (primary N) is 1. The van der Waals surface area contributed by atoms with E-state index in [4.69, 9.17) is 15.0 Å². The molecule has 0 aliphatic heterocycles. The van der Waals surface area contributed by atoms with Crippen LogP contribution in [0, 0.1) is 0 Å². The average molecular weight is 229 g/mol. The SMILES string of the molecule is COc1cc(C(C)(C)O[PH2]=O)ccc1N. The van der Waals surface area contributed by atoms with E-state index in [2.05, 4.69) is 0 Å². The van der Waals surface area contributed by atoms with Gasteiger partial charge in [0.2, 0.25) is 0 Å². The maximum absolute atomic E-state index is 10.5. The van der Waals surface area contributed by atoms with Crippen LogP contribution in [0.15, 0.2) is 18.2 Å². The molecule has 1 atom stereocenters. The molecule has 5 heteroatoms. The highest BCUT2D eigenvalue weighted by Crippen LogP contribution is 2.33. The summed E-state index contributed by atoms with van der Waals surface area (Å²) in [7, 11) is 0.319. The first-order valence-corrected chi connectivity index (χ1v) is 5.51. The molecule has 0 aromatic heterocycles. The van der Waals surface area contributed by atoms with Crippen LogP contribution in [-0.4, -0.2) is 7.11 Å². The number of nitrogen functional groups attached to an aromatic ring is 1. The van der Waals surface area contributed by atoms with Gasteiger partial charge in [-0.15, -0.1) is 0 Å². The zero-order chi connectivity index (χ0) is 11.5. The molecule has 0 amide bonds. The third kappa shape index (κ3) is 2.74. The molecule has 2 N–H and O–H groups in total. The second-order valence-electron chi connectivity index (χ2n) is 3.68. The normalized spacial score (nSPS) is 12.2. The van der Waals surface area contributed by atoms with Crippen molar-refractivity contribution in [3.8, 4) is 5.75 Å². The van der Waals surface area contributed by atoms with Crippen molar-refractivity contribution in [2.75, 3.05) is 12.8 Å². The molecule has 1 aromatic carbocycles. The Morgan fingerprint density at radius 2 is 2.07 bits per heavy atom. The first-order valence-electron chi connectivity index (χ1n) is 4.56. The fraction of sp³-hybridized carbons (Fsp3) is 0.400. The van der Waals surface area contributed by atoms with Crippen molar-refractivity contribution in [3.05, 3.63) is 23.8 Å². The van der Waals surface area contributed by atoms with E-state index in [0.29, 0.717) is 11.4 Å². The fourth-order valence-corrected chi connectivity index (χ4v) is 1.65. The van der Waals surface area contributed by atoms with Crippen LogP contribution in [-0.2, 0) is 14.7 Å². The Balaban J connectivity index is 3.10. The minimum atomic E-state index is -1.24. The molecule has 1 aromatic rings. The van der Waals surface area contributed by atoms with Gasteiger partial charge < -0.3 is 15.0 Å². The van der Waals surface area contributed by atoms with Crippen molar-refractivity contribution in [1.82, 2.24) is 0 Å². The predicted molar refractivity (Wildman–Crippen MR) is 61.9 cm³/mol. The van der Waals surface area contributed by atoms with Gasteiger partial charge in [-0.3, -0.25) is 4.57 Å². The summed E-state index contributed by atoms with van der Waals surface area (Å²) in [5.74, 6) is 0.602. The fourth-order valence-electron chi connectivity index (χ4n) is 1.27. The summed E-state index contributed by atoms with van der Waals surface area (Å²) in [6.45, 7) is 3.70. The van der Waals surface area contributed by atoms with Gasteiger partial charge in [-0.2, -0.15) is 0 Å². The Hall–Kier alpha value is -0.990. The van der Waals surface area contributed by atoms with Crippen molar-refractivity contribution in [3.63, 3.8) is 0 Å². The number of ether oxygens (including phenoxy) is 1. The van der Waals surface area contributed by atoms with Gasteiger partial charge in [0.15, 0.2) is 8.69 Å². The molecule has 15 heavy (non-hydrogen) atoms. The van der Waals surface area contributed by atoms with Crippen LogP contribution < -0.4 is 10.5 Å². The Labute approximate surface area is 90.7 Å². The molecular weight excluding hydrogens is 213 g/mol. The van der Waals surface area contributed by atoms with Gasteiger partial charge in [0.25, 0.3) is 0 Å². The van der Waals surface area contributed by atoms with Crippen LogP contribution in [0.5, 0.6) is 5.75 Å². The van der Waals surface area contributed by atoms with Crippen LogP contribution in [0.2, 0.25) is 0 Å². The van der Waals surface area contributed by atoms with Crippen molar-refractivity contribution in [2.45, 2.75) is 19.4 Å². The van der Waals surface area contributed by atoms with Gasteiger partial charge in [0.1, 0.15) is 5.75 Å². The van der Waals surface area contributed by atoms with E-state index in [-0.39, 0.29) is 0 Å². The monoisotopic (exact) mass is 229 g/mol. The second-order valence-corrected chi connectivity index (χ2v) is 4.11. The van der Waals surface area contributed by atoms with E-state index in [1.54, 1.807) is 19.2 Å². The maximum atomic E-state index is 10.5. The highest BCUT2D eigenvalue weighted by Gasteiger charge is 2.21. The molecule has 0 aliphatic carbocycles. The van der Waals surface area contributed by atoms with Crippen LogP contribution in [0.25, 0.3) is 0 Å². The Bertz CT molecular complexity index is 366. The minimum Gasteiger partial charge on any atom is -0.495 e. The van der Waals surface area contributed by atoms with E-state index >= 15 is 0 Å². The van der Waals surface area contributed by atoms with Gasteiger partial charge in [-0.1, -0.05) is 6.07 Å². The third-order valence-electron chi connectivity index (χ3n) is 2.27. The summed E-state index contributed by atoms with van der Waals surface area (Å²) in [6.07, 6.45) is 0. The van der Waals surface area contributed by atoms with Gasteiger partial charge in [0.05, 0.1) is 18.4 Å². The quantitative estimate of drug-likeness (QED) is 0.635. The molecule has 0 heterocycles. The molecule has 0 aliphatic rings. The summed E-state index contributed by atoms with van der Waals surface area (Å²) >= 11 is 0. The molecule has 0 radical (unpaired) electrons. The molecule has 0 bridgehead atoms. The standard InChI is InChI=1S/C10H16NO3P/c1-10(2,14-15-12)7-4-5-8(11)9(6-7)13-3/h4-6H,11,15H2,1-3H3. The lowest BCUT2D eigenvalue weighted by Crippen LogP contribution is -2.17. The third-order valence-corrected chi connectivity index (χ3v) is 2.96. The molecule has 0 saturated carbocycles. The van der Waals surface area contributed by atoms with Gasteiger partial charge in [-0.05, 0) is 31.5 Å². The smallest absolute Gasteiger partial charge is 0.180 e. The predicted octanol–water partition coefficient (Wildman–Crippen LogP) is 2.20. The molecule has 0 spiro atoms. The number of methoxy groups -OCH3 is 1. The maximum Gasteiger partial charge on any atom is 0.180 e. The Kier molecular flexibility index (Phi) is 3.77. The van der Waals surface area contributed by atoms with Crippen LogP contribution in [0.4, 0.5) is 5.69 Å². The number of anilines is 1. The molecule has 1 rings (SSSR count). The summed E-state index contributed by atoms with van der Waals surface area (Å²) in [5.41, 5.74) is 6.57. The number of rotatable bonds is 4. The average Bonchev–Trinajstić information content (AvgIpc) is 2.18. The largest absolute Gasteiger partial charge is 0.495 e. The van der Waals surface area contributed by atoms with Gasteiger partial charge >= 0.3 is 0 Å². The van der Waals surface area contributed by atoms with Crippen molar-refractivity contribution >= 4 is 14.4 Å². The number of hydrogen-bond donors (Lipinski definition) is 1. The van der Waals surface area contributed by atoms with Crippen molar-refractivity contribution in [1.29, 1.82) is 0 Å². The lowest BCUT2D eigenvalue weighted by Gasteiger charge is -2.23. The lowest BCUT2D eigenvalue weighted by atomic mass is 9.98. The number of benzene rings is 1. The van der Waals surface area contributed by atoms with E-state index in [9.17, 15) is 4.57 Å². The van der Waals surface area contributed by atoms with E-state index < -0.39 is 14.3 Å². The van der Waals surface area contributed by atoms with E-state index in [0.717, 1.165) is 5.56 Å². The topological polar surface area (TPSA) is 61.5 Å². The summed E-state index contributed by atoms with van der Waals surface area (Å²) in [6, 6.07) is 5.39. The molecule has 4 nitrogen and oxygen atoms in total. The molecule has 0 fully saturated rings. The summed E-state index contributed by atoms with van der Waals surface area (Å²) in [5, 5.41) is 0. The highest BCUT2D eigenvalue weighted by atomic mass is 31.1. The van der Waals surface area contributed by atoms with Crippen LogP contribution in [0.1, 0.15) is 19.4 Å². The zero-order valence-electron chi connectivity index (χ0n) is 9.11. The second kappa shape index (κ2) is 4.69. The van der Waals surface area contributed by atoms with Crippen LogP contribution >= 0.6 is 8.69 Å². The zero-order valence-corrected chi connectivity index (χ0v) is 10.3. The van der Waals surface area contributed by atoms with E-state index in [1.165, 1.54) is 0 Å². The van der Waals surface area contributed by atoms with Crippen molar-refractivity contribution in [2.24, 2.45) is 0 Å². The van der Waals surface area contributed by atoms with Gasteiger partial charge in [0, 0.05) is 0 Å². The van der Waals surface area contributed by atoms with Gasteiger partial charge in [-0.25, -0.2) is 0 Å². The first-order chi connectivity index (χ1) is 7.01. The Morgan fingerprint density at radius 3 is 2.60 bits per heavy atom. The van der Waals surface area contributed by atoms with Crippen LogP contribution in [0.3, 0.4) is 0 Å². The van der Waals surface area contributed by atoms with E-state index in [1.807, 2.05) is 19.9 Å². The Morgan fingerprint density at radius 1 is 1.40 bits per heavy atom. The van der Waals surface area contributed by atoms with Crippen molar-refractivity contribution < 1.29 is 13.8 Å². The summed E-state index contributed by atoms with van der Waals surface area (Å²) in [4.78, 5) is 0. The molecule has 0 saturated heterocycles. The first kappa shape index (κ1) is 12.1. The molecule has 1 unspecified atom stereocenters.